The molecule has 102 valence electrons. The Morgan fingerprint density at radius 3 is 2.63 bits per heavy atom. The first-order valence-corrected chi connectivity index (χ1v) is 7.58. The molecule has 2 heteroatoms. The van der Waals surface area contributed by atoms with Crippen LogP contribution in [0.5, 0.6) is 0 Å². The number of aromatic amines is 1. The molecule has 1 fully saturated rings. The van der Waals surface area contributed by atoms with E-state index in [9.17, 15) is 0 Å². The van der Waals surface area contributed by atoms with Crippen molar-refractivity contribution in [1.82, 2.24) is 10.3 Å². The van der Waals surface area contributed by atoms with Gasteiger partial charge in [0.05, 0.1) is 0 Å². The summed E-state index contributed by atoms with van der Waals surface area (Å²) in [5.41, 5.74) is 2.67. The van der Waals surface area contributed by atoms with Gasteiger partial charge in [-0.3, -0.25) is 0 Å². The van der Waals surface area contributed by atoms with Gasteiger partial charge in [0.25, 0.3) is 0 Å². The van der Waals surface area contributed by atoms with Crippen molar-refractivity contribution in [2.45, 2.75) is 51.6 Å². The summed E-state index contributed by atoms with van der Waals surface area (Å²) in [4.78, 5) is 3.41. The highest BCUT2D eigenvalue weighted by molar-refractivity contribution is 5.83. The molecule has 1 aliphatic carbocycles. The molecule has 0 spiro atoms. The Kier molecular flexibility index (Phi) is 3.61. The summed E-state index contributed by atoms with van der Waals surface area (Å²) in [6.45, 7) is 4.63. The summed E-state index contributed by atoms with van der Waals surface area (Å²) in [6, 6.07) is 9.78. The average molecular weight is 256 g/mol. The molecule has 0 aliphatic heterocycles. The highest BCUT2D eigenvalue weighted by Crippen LogP contribution is 2.31. The molecule has 0 radical (unpaired) electrons. The van der Waals surface area contributed by atoms with Gasteiger partial charge in [-0.15, -0.1) is 0 Å². The molecular formula is C17H24N2. The van der Waals surface area contributed by atoms with Crippen LogP contribution in [-0.2, 0) is 0 Å². The fourth-order valence-electron chi connectivity index (χ4n) is 3.34. The second-order valence-corrected chi connectivity index (χ2v) is 6.16. The normalized spacial score (nSPS) is 18.5. The molecule has 1 aromatic carbocycles. The quantitative estimate of drug-likeness (QED) is 0.834. The number of H-pyrrole nitrogens is 1. The van der Waals surface area contributed by atoms with Gasteiger partial charge in [-0.1, -0.05) is 44.9 Å². The average Bonchev–Trinajstić information content (AvgIpc) is 3.05. The third-order valence-electron chi connectivity index (χ3n) is 4.39. The monoisotopic (exact) mass is 256 g/mol. The van der Waals surface area contributed by atoms with Crippen LogP contribution in [0.1, 0.15) is 51.1 Å². The van der Waals surface area contributed by atoms with E-state index in [1.54, 1.807) is 0 Å². The zero-order valence-corrected chi connectivity index (χ0v) is 11.9. The topological polar surface area (TPSA) is 27.8 Å². The van der Waals surface area contributed by atoms with E-state index >= 15 is 0 Å². The van der Waals surface area contributed by atoms with Crippen molar-refractivity contribution in [2.24, 2.45) is 5.92 Å². The van der Waals surface area contributed by atoms with E-state index < -0.39 is 0 Å². The fraction of sp³-hybridized carbons (Fsp3) is 0.529. The summed E-state index contributed by atoms with van der Waals surface area (Å²) >= 11 is 0. The van der Waals surface area contributed by atoms with E-state index in [-0.39, 0.29) is 0 Å². The first-order chi connectivity index (χ1) is 9.25. The van der Waals surface area contributed by atoms with Crippen molar-refractivity contribution in [3.63, 3.8) is 0 Å². The van der Waals surface area contributed by atoms with Crippen LogP contribution in [-0.4, -0.2) is 11.0 Å². The minimum absolute atomic E-state index is 0.458. The van der Waals surface area contributed by atoms with Gasteiger partial charge in [-0.25, -0.2) is 0 Å². The smallest absolute Gasteiger partial charge is 0.0457 e. The maximum Gasteiger partial charge on any atom is 0.0457 e. The Morgan fingerprint density at radius 2 is 1.89 bits per heavy atom. The van der Waals surface area contributed by atoms with Crippen molar-refractivity contribution in [3.8, 4) is 0 Å². The van der Waals surface area contributed by atoms with Gasteiger partial charge in [-0.05, 0) is 30.4 Å². The number of hydrogen-bond donors (Lipinski definition) is 2. The van der Waals surface area contributed by atoms with Crippen molar-refractivity contribution < 1.29 is 0 Å². The Balaban J connectivity index is 1.90. The summed E-state index contributed by atoms with van der Waals surface area (Å²) in [5, 5.41) is 5.26. The summed E-state index contributed by atoms with van der Waals surface area (Å²) < 4.78 is 0. The predicted octanol–water partition coefficient (Wildman–Crippen LogP) is 4.40. The molecule has 0 amide bonds. The molecule has 3 rings (SSSR count). The highest BCUT2D eigenvalue weighted by atomic mass is 15.0. The van der Waals surface area contributed by atoms with Crippen LogP contribution in [0.15, 0.2) is 30.5 Å². The molecule has 0 bridgehead atoms. The van der Waals surface area contributed by atoms with Gasteiger partial charge >= 0.3 is 0 Å². The minimum Gasteiger partial charge on any atom is -0.361 e. The maximum absolute atomic E-state index is 3.89. The van der Waals surface area contributed by atoms with Crippen molar-refractivity contribution in [2.75, 3.05) is 0 Å². The van der Waals surface area contributed by atoms with Gasteiger partial charge < -0.3 is 10.3 Å². The first kappa shape index (κ1) is 12.7. The highest BCUT2D eigenvalue weighted by Gasteiger charge is 2.24. The molecule has 2 N–H and O–H groups in total. The van der Waals surface area contributed by atoms with Gasteiger partial charge in [0.2, 0.25) is 0 Å². The van der Waals surface area contributed by atoms with Crippen LogP contribution < -0.4 is 5.32 Å². The Hall–Kier alpha value is -1.28. The molecule has 2 nitrogen and oxygen atoms in total. The van der Waals surface area contributed by atoms with Crippen LogP contribution in [0.3, 0.4) is 0 Å². The number of para-hydroxylation sites is 1. The van der Waals surface area contributed by atoms with Crippen LogP contribution in [0.4, 0.5) is 0 Å². The molecule has 1 atom stereocenters. The number of nitrogens with one attached hydrogen (secondary N) is 2. The van der Waals surface area contributed by atoms with Crippen molar-refractivity contribution >= 4 is 10.9 Å². The lowest BCUT2D eigenvalue weighted by molar-refractivity contribution is 0.362. The molecular weight excluding hydrogens is 232 g/mol. The zero-order chi connectivity index (χ0) is 13.2. The molecule has 1 aliphatic rings. The summed E-state index contributed by atoms with van der Waals surface area (Å²) in [7, 11) is 0. The standard InChI is InChI=1S/C17H24N2/c1-12(2)17(19-13-7-3-4-8-13)15-11-18-16-10-6-5-9-14(15)16/h5-6,9-13,17-19H,3-4,7-8H2,1-2H3. The molecule has 0 saturated heterocycles. The Labute approximate surface area is 115 Å². The van der Waals surface area contributed by atoms with Crippen LogP contribution >= 0.6 is 0 Å². The molecule has 1 unspecified atom stereocenters. The number of benzene rings is 1. The van der Waals surface area contributed by atoms with Crippen LogP contribution in [0.2, 0.25) is 0 Å². The predicted molar refractivity (Wildman–Crippen MR) is 81.3 cm³/mol. The van der Waals surface area contributed by atoms with Gasteiger partial charge in [0.1, 0.15) is 0 Å². The molecule has 1 saturated carbocycles. The lowest BCUT2D eigenvalue weighted by Gasteiger charge is -2.26. The van der Waals surface area contributed by atoms with Crippen molar-refractivity contribution in [1.29, 1.82) is 0 Å². The number of hydrogen-bond acceptors (Lipinski definition) is 1. The zero-order valence-electron chi connectivity index (χ0n) is 11.9. The maximum atomic E-state index is 3.89. The largest absolute Gasteiger partial charge is 0.361 e. The molecule has 1 aromatic heterocycles. The third-order valence-corrected chi connectivity index (χ3v) is 4.39. The van der Waals surface area contributed by atoms with Gasteiger partial charge in [0.15, 0.2) is 0 Å². The summed E-state index contributed by atoms with van der Waals surface area (Å²) in [6.07, 6.45) is 7.64. The van der Waals surface area contributed by atoms with E-state index in [1.165, 1.54) is 42.1 Å². The molecule has 1 heterocycles. The van der Waals surface area contributed by atoms with Gasteiger partial charge in [-0.2, -0.15) is 0 Å². The Morgan fingerprint density at radius 1 is 1.16 bits per heavy atom. The van der Waals surface area contributed by atoms with E-state index in [0.29, 0.717) is 18.0 Å². The minimum atomic E-state index is 0.458. The third kappa shape index (κ3) is 2.55. The number of fused-ring (bicyclic) bond motifs is 1. The van der Waals surface area contributed by atoms with Gasteiger partial charge in [0, 0.05) is 29.2 Å². The second kappa shape index (κ2) is 5.38. The molecule has 2 aromatic rings. The molecule has 19 heavy (non-hydrogen) atoms. The number of rotatable bonds is 4. The fourth-order valence-corrected chi connectivity index (χ4v) is 3.34. The van der Waals surface area contributed by atoms with Crippen LogP contribution in [0.25, 0.3) is 10.9 Å². The van der Waals surface area contributed by atoms with E-state index in [1.807, 2.05) is 0 Å². The first-order valence-electron chi connectivity index (χ1n) is 7.58. The lowest BCUT2D eigenvalue weighted by atomic mass is 9.94. The van der Waals surface area contributed by atoms with E-state index in [2.05, 4.69) is 54.6 Å². The van der Waals surface area contributed by atoms with Crippen molar-refractivity contribution in [3.05, 3.63) is 36.0 Å². The summed E-state index contributed by atoms with van der Waals surface area (Å²) in [5.74, 6) is 0.611. The van der Waals surface area contributed by atoms with Crippen LogP contribution in [0, 0.1) is 5.92 Å². The van der Waals surface area contributed by atoms with E-state index in [4.69, 9.17) is 0 Å². The second-order valence-electron chi connectivity index (χ2n) is 6.16. The SMILES string of the molecule is CC(C)C(NC1CCCC1)c1c[nH]c2ccccc12. The Bertz CT molecular complexity index is 535. The van der Waals surface area contributed by atoms with E-state index in [0.717, 1.165) is 0 Å². The lowest BCUT2D eigenvalue weighted by Crippen LogP contribution is -2.33. The number of aromatic nitrogens is 1.